The third kappa shape index (κ3) is 3.07. The third-order valence-electron chi connectivity index (χ3n) is 5.37. The number of hydrogen-bond acceptors (Lipinski definition) is 4. The molecule has 2 rings (SSSR count). The largest absolute Gasteiger partial charge is 0.469 e. The first-order valence-corrected chi connectivity index (χ1v) is 7.62. The molecule has 1 fully saturated rings. The molecule has 0 saturated heterocycles. The first kappa shape index (κ1) is 15.5. The summed E-state index contributed by atoms with van der Waals surface area (Å²) in [6, 6.07) is 0. The summed E-state index contributed by atoms with van der Waals surface area (Å²) in [5.74, 6) is 1.93. The molecule has 0 spiro atoms. The fourth-order valence-electron chi connectivity index (χ4n) is 4.14. The van der Waals surface area contributed by atoms with Gasteiger partial charge in [0, 0.05) is 0 Å². The Morgan fingerprint density at radius 3 is 2.85 bits per heavy atom. The highest BCUT2D eigenvalue weighted by atomic mass is 17.1. The van der Waals surface area contributed by atoms with Gasteiger partial charge >= 0.3 is 5.97 Å². The van der Waals surface area contributed by atoms with Gasteiger partial charge in [-0.1, -0.05) is 26.3 Å². The van der Waals surface area contributed by atoms with Gasteiger partial charge in [0.05, 0.1) is 13.0 Å². The van der Waals surface area contributed by atoms with E-state index in [0.717, 1.165) is 24.8 Å². The maximum Gasteiger partial charge on any atom is 0.308 e. The molecule has 2 aliphatic carbocycles. The molecule has 0 amide bonds. The van der Waals surface area contributed by atoms with Crippen LogP contribution < -0.4 is 0 Å². The molecular formula is C16H26O4. The molecule has 0 aromatic rings. The minimum Gasteiger partial charge on any atom is -0.469 e. The quantitative estimate of drug-likeness (QED) is 0.372. The van der Waals surface area contributed by atoms with Crippen LogP contribution in [0, 0.1) is 29.6 Å². The molecule has 0 unspecified atom stereocenters. The number of hydrogen-bond donors (Lipinski definition) is 1. The molecule has 4 heteroatoms. The van der Waals surface area contributed by atoms with Crippen molar-refractivity contribution >= 4 is 5.97 Å². The number of rotatable bonds is 4. The van der Waals surface area contributed by atoms with Gasteiger partial charge in [0.2, 0.25) is 0 Å². The molecule has 0 aliphatic heterocycles. The van der Waals surface area contributed by atoms with Crippen LogP contribution in [0.1, 0.15) is 39.5 Å². The summed E-state index contributed by atoms with van der Waals surface area (Å²) < 4.78 is 4.92. The highest BCUT2D eigenvalue weighted by molar-refractivity contribution is 5.72. The predicted octanol–water partition coefficient (Wildman–Crippen LogP) is 3.28. The maximum atomic E-state index is 11.9. The Labute approximate surface area is 121 Å². The van der Waals surface area contributed by atoms with Gasteiger partial charge in [0.15, 0.2) is 0 Å². The van der Waals surface area contributed by atoms with E-state index in [2.05, 4.69) is 17.9 Å². The van der Waals surface area contributed by atoms with E-state index in [0.29, 0.717) is 23.7 Å². The molecule has 0 heterocycles. The zero-order chi connectivity index (χ0) is 14.7. The summed E-state index contributed by atoms with van der Waals surface area (Å²) in [5, 5.41) is 8.65. The molecule has 4 nitrogen and oxygen atoms in total. The van der Waals surface area contributed by atoms with Crippen molar-refractivity contribution in [2.24, 2.45) is 29.6 Å². The number of carbonyl (C=O) groups excluding carboxylic acids is 1. The number of allylic oxidation sites excluding steroid dienone is 1. The number of esters is 1. The maximum absolute atomic E-state index is 11.9. The Morgan fingerprint density at radius 2 is 2.20 bits per heavy atom. The second-order valence-electron chi connectivity index (χ2n) is 6.41. The summed E-state index contributed by atoms with van der Waals surface area (Å²) >= 11 is 0. The molecule has 5 atom stereocenters. The smallest absolute Gasteiger partial charge is 0.308 e. The average Bonchev–Trinajstić information content (AvgIpc) is 2.46. The van der Waals surface area contributed by atoms with Crippen molar-refractivity contribution in [3.8, 4) is 0 Å². The lowest BCUT2D eigenvalue weighted by Gasteiger charge is -2.45. The lowest BCUT2D eigenvalue weighted by molar-refractivity contribution is -0.234. The van der Waals surface area contributed by atoms with Gasteiger partial charge in [0.25, 0.3) is 0 Å². The van der Waals surface area contributed by atoms with Crippen LogP contribution in [0.2, 0.25) is 0 Å². The van der Waals surface area contributed by atoms with Gasteiger partial charge in [-0.15, -0.1) is 0 Å². The molecule has 0 aromatic carbocycles. The summed E-state index contributed by atoms with van der Waals surface area (Å²) in [6.07, 6.45) is 6.64. The normalized spacial score (nSPS) is 34.9. The van der Waals surface area contributed by atoms with E-state index >= 15 is 0 Å². The third-order valence-corrected chi connectivity index (χ3v) is 5.37. The van der Waals surface area contributed by atoms with Gasteiger partial charge in [-0.2, -0.15) is 0 Å². The van der Waals surface area contributed by atoms with Gasteiger partial charge in [0.1, 0.15) is 6.61 Å². The van der Waals surface area contributed by atoms with E-state index in [-0.39, 0.29) is 18.5 Å². The van der Waals surface area contributed by atoms with E-state index in [4.69, 9.17) is 9.99 Å². The Hall–Kier alpha value is -0.870. The topological polar surface area (TPSA) is 55.8 Å². The zero-order valence-electron chi connectivity index (χ0n) is 12.7. The first-order valence-electron chi connectivity index (χ1n) is 7.62. The van der Waals surface area contributed by atoms with E-state index < -0.39 is 0 Å². The average molecular weight is 282 g/mol. The SMILES string of the molecule is COC(=O)[C@H](C)[C@@H]1CC[C@@H](C)[C@@H]2CCC(COO)=C[C@@H]21. The van der Waals surface area contributed by atoms with E-state index in [1.807, 2.05) is 6.92 Å². The minimum absolute atomic E-state index is 0.0642. The van der Waals surface area contributed by atoms with E-state index in [9.17, 15) is 4.79 Å². The fourth-order valence-corrected chi connectivity index (χ4v) is 4.14. The van der Waals surface area contributed by atoms with E-state index in [1.54, 1.807) is 0 Å². The molecule has 0 aromatic heterocycles. The Balaban J connectivity index is 2.19. The summed E-state index contributed by atoms with van der Waals surface area (Å²) in [5.41, 5.74) is 1.16. The van der Waals surface area contributed by atoms with Crippen LogP contribution in [-0.2, 0) is 14.4 Å². The predicted molar refractivity (Wildman–Crippen MR) is 75.9 cm³/mol. The minimum atomic E-state index is -0.109. The summed E-state index contributed by atoms with van der Waals surface area (Å²) in [6.45, 7) is 4.59. The summed E-state index contributed by atoms with van der Waals surface area (Å²) in [4.78, 5) is 16.2. The molecule has 0 bridgehead atoms. The van der Waals surface area contributed by atoms with E-state index in [1.165, 1.54) is 13.5 Å². The van der Waals surface area contributed by atoms with Crippen LogP contribution >= 0.6 is 0 Å². The van der Waals surface area contributed by atoms with Crippen LogP contribution in [0.25, 0.3) is 0 Å². The van der Waals surface area contributed by atoms with Crippen molar-refractivity contribution in [2.45, 2.75) is 39.5 Å². The van der Waals surface area contributed by atoms with Crippen molar-refractivity contribution in [3.05, 3.63) is 11.6 Å². The first-order chi connectivity index (χ1) is 9.58. The molecule has 1 N–H and O–H groups in total. The van der Waals surface area contributed by atoms with Crippen molar-refractivity contribution in [1.29, 1.82) is 0 Å². The Bertz CT molecular complexity index is 377. The Kier molecular flexibility index (Phi) is 5.22. The molecular weight excluding hydrogens is 256 g/mol. The van der Waals surface area contributed by atoms with Crippen molar-refractivity contribution < 1.29 is 19.7 Å². The van der Waals surface area contributed by atoms with Crippen LogP contribution in [0.4, 0.5) is 0 Å². The number of fused-ring (bicyclic) bond motifs is 1. The van der Waals surface area contributed by atoms with Crippen LogP contribution in [0.15, 0.2) is 11.6 Å². The number of carbonyl (C=O) groups is 1. The van der Waals surface area contributed by atoms with Gasteiger partial charge in [-0.05, 0) is 48.5 Å². The van der Waals surface area contributed by atoms with Gasteiger partial charge < -0.3 is 4.74 Å². The molecule has 20 heavy (non-hydrogen) atoms. The zero-order valence-corrected chi connectivity index (χ0v) is 12.7. The summed E-state index contributed by atoms with van der Waals surface area (Å²) in [7, 11) is 1.46. The standard InChI is InChI=1S/C16H26O4/c1-10-4-6-14(11(2)16(17)19-3)15-8-12(9-20-18)5-7-13(10)15/h8,10-11,13-15,18H,4-7,9H2,1-3H3/t10-,11-,13+,14+,15+/m1/s1. The Morgan fingerprint density at radius 1 is 1.45 bits per heavy atom. The number of ether oxygens (including phenoxy) is 1. The lowest BCUT2D eigenvalue weighted by atomic mass is 9.60. The molecule has 2 aliphatic rings. The molecule has 1 saturated carbocycles. The highest BCUT2D eigenvalue weighted by Gasteiger charge is 2.42. The molecule has 114 valence electrons. The van der Waals surface area contributed by atoms with Crippen molar-refractivity contribution in [1.82, 2.24) is 0 Å². The van der Waals surface area contributed by atoms with Crippen molar-refractivity contribution in [3.63, 3.8) is 0 Å². The van der Waals surface area contributed by atoms with Gasteiger partial charge in [-0.3, -0.25) is 10.1 Å². The molecule has 0 radical (unpaired) electrons. The monoisotopic (exact) mass is 282 g/mol. The lowest BCUT2D eigenvalue weighted by Crippen LogP contribution is -2.40. The van der Waals surface area contributed by atoms with Gasteiger partial charge in [-0.25, -0.2) is 4.89 Å². The second kappa shape index (κ2) is 6.72. The highest BCUT2D eigenvalue weighted by Crippen LogP contribution is 2.48. The van der Waals surface area contributed by atoms with Crippen molar-refractivity contribution in [2.75, 3.05) is 13.7 Å². The van der Waals surface area contributed by atoms with Crippen LogP contribution in [0.5, 0.6) is 0 Å². The van der Waals surface area contributed by atoms with Crippen LogP contribution in [-0.4, -0.2) is 24.9 Å². The van der Waals surface area contributed by atoms with Crippen LogP contribution in [0.3, 0.4) is 0 Å². The fraction of sp³-hybridized carbons (Fsp3) is 0.812. The number of methoxy groups -OCH3 is 1. The second-order valence-corrected chi connectivity index (χ2v) is 6.41.